The first kappa shape index (κ1) is 13.7. The van der Waals surface area contributed by atoms with Gasteiger partial charge in [0.15, 0.2) is 5.11 Å². The van der Waals surface area contributed by atoms with Crippen LogP contribution in [0, 0.1) is 11.3 Å². The zero-order valence-corrected chi connectivity index (χ0v) is 11.4. The number of nitrogens with one attached hydrogen (secondary N) is 2. The third-order valence-electron chi connectivity index (χ3n) is 3.12. The molecule has 0 unspecified atom stereocenters. The third-order valence-corrected chi connectivity index (χ3v) is 3.38. The standard InChI is InChI=1S/C12H24N2OS/c1-9-6-10(8-12(2,3)7-9)14-11(16)13-4-5-15/h9-10,15H,4-8H2,1-3H3,(H2,13,14,16)/t9-,10+/m1/s1. The Labute approximate surface area is 104 Å². The van der Waals surface area contributed by atoms with E-state index in [0.717, 1.165) is 12.3 Å². The van der Waals surface area contributed by atoms with Gasteiger partial charge in [-0.3, -0.25) is 0 Å². The van der Waals surface area contributed by atoms with Crippen molar-refractivity contribution < 1.29 is 5.11 Å². The van der Waals surface area contributed by atoms with E-state index in [0.29, 0.717) is 23.1 Å². The fourth-order valence-corrected chi connectivity index (χ4v) is 3.13. The van der Waals surface area contributed by atoms with Crippen LogP contribution in [0.3, 0.4) is 0 Å². The summed E-state index contributed by atoms with van der Waals surface area (Å²) in [6.45, 7) is 7.59. The van der Waals surface area contributed by atoms with Crippen molar-refractivity contribution in [2.75, 3.05) is 13.2 Å². The first-order valence-corrected chi connectivity index (χ1v) is 6.49. The van der Waals surface area contributed by atoms with E-state index in [9.17, 15) is 0 Å². The SMILES string of the molecule is C[C@@H]1C[C@H](NC(=S)NCCO)CC(C)(C)C1. The van der Waals surface area contributed by atoms with Crippen LogP contribution in [-0.2, 0) is 0 Å². The van der Waals surface area contributed by atoms with E-state index >= 15 is 0 Å². The van der Waals surface area contributed by atoms with Crippen LogP contribution in [0.5, 0.6) is 0 Å². The molecule has 16 heavy (non-hydrogen) atoms. The average Bonchev–Trinajstić information content (AvgIpc) is 2.11. The van der Waals surface area contributed by atoms with Crippen LogP contribution in [0.4, 0.5) is 0 Å². The molecule has 94 valence electrons. The minimum atomic E-state index is 0.119. The van der Waals surface area contributed by atoms with Crippen molar-refractivity contribution in [2.24, 2.45) is 11.3 Å². The molecule has 0 aromatic rings. The lowest BCUT2D eigenvalue weighted by molar-refractivity contribution is 0.161. The summed E-state index contributed by atoms with van der Waals surface area (Å²) in [7, 11) is 0. The van der Waals surface area contributed by atoms with Crippen molar-refractivity contribution in [1.82, 2.24) is 10.6 Å². The molecule has 0 aromatic carbocycles. The monoisotopic (exact) mass is 244 g/mol. The highest BCUT2D eigenvalue weighted by Crippen LogP contribution is 2.38. The molecule has 2 atom stereocenters. The second-order valence-electron chi connectivity index (χ2n) is 5.73. The highest BCUT2D eigenvalue weighted by atomic mass is 32.1. The van der Waals surface area contributed by atoms with Crippen LogP contribution < -0.4 is 10.6 Å². The van der Waals surface area contributed by atoms with E-state index in [-0.39, 0.29) is 6.61 Å². The predicted octanol–water partition coefficient (Wildman–Crippen LogP) is 1.66. The molecule has 0 heterocycles. The quantitative estimate of drug-likeness (QED) is 0.661. The maximum Gasteiger partial charge on any atom is 0.166 e. The van der Waals surface area contributed by atoms with Crippen LogP contribution >= 0.6 is 12.2 Å². The van der Waals surface area contributed by atoms with E-state index in [1.54, 1.807) is 0 Å². The molecule has 0 spiro atoms. The minimum Gasteiger partial charge on any atom is -0.395 e. The number of hydrogen-bond acceptors (Lipinski definition) is 2. The van der Waals surface area contributed by atoms with Crippen molar-refractivity contribution in [3.8, 4) is 0 Å². The van der Waals surface area contributed by atoms with Crippen molar-refractivity contribution in [3.05, 3.63) is 0 Å². The molecule has 0 aliphatic heterocycles. The number of aliphatic hydroxyl groups excluding tert-OH is 1. The smallest absolute Gasteiger partial charge is 0.166 e. The minimum absolute atomic E-state index is 0.119. The summed E-state index contributed by atoms with van der Waals surface area (Å²) in [5.74, 6) is 0.752. The van der Waals surface area contributed by atoms with E-state index in [1.807, 2.05) is 0 Å². The lowest BCUT2D eigenvalue weighted by Crippen LogP contribution is -2.47. The molecule has 3 N–H and O–H groups in total. The van der Waals surface area contributed by atoms with Gasteiger partial charge in [0, 0.05) is 12.6 Å². The van der Waals surface area contributed by atoms with E-state index in [1.165, 1.54) is 12.8 Å². The second-order valence-corrected chi connectivity index (χ2v) is 6.14. The number of thiocarbonyl (C=S) groups is 1. The fourth-order valence-electron chi connectivity index (χ4n) is 2.86. The molecule has 3 nitrogen and oxygen atoms in total. The fraction of sp³-hybridized carbons (Fsp3) is 0.917. The Kier molecular flexibility index (Phi) is 4.99. The van der Waals surface area contributed by atoms with Crippen molar-refractivity contribution >= 4 is 17.3 Å². The Hall–Kier alpha value is -0.350. The maximum atomic E-state index is 8.70. The van der Waals surface area contributed by atoms with Crippen molar-refractivity contribution in [1.29, 1.82) is 0 Å². The van der Waals surface area contributed by atoms with Gasteiger partial charge in [-0.2, -0.15) is 0 Å². The van der Waals surface area contributed by atoms with E-state index < -0.39 is 0 Å². The van der Waals surface area contributed by atoms with Crippen molar-refractivity contribution in [3.63, 3.8) is 0 Å². The first-order chi connectivity index (χ1) is 7.43. The van der Waals surface area contributed by atoms with Gasteiger partial charge in [0.2, 0.25) is 0 Å². The van der Waals surface area contributed by atoms with Gasteiger partial charge >= 0.3 is 0 Å². The molecule has 1 fully saturated rings. The number of hydrogen-bond donors (Lipinski definition) is 3. The van der Waals surface area contributed by atoms with Crippen LogP contribution in [0.25, 0.3) is 0 Å². The lowest BCUT2D eigenvalue weighted by Gasteiger charge is -2.39. The van der Waals surface area contributed by atoms with Gasteiger partial charge < -0.3 is 15.7 Å². The largest absolute Gasteiger partial charge is 0.395 e. The highest BCUT2D eigenvalue weighted by molar-refractivity contribution is 7.80. The number of aliphatic hydroxyl groups is 1. The van der Waals surface area contributed by atoms with Gasteiger partial charge in [0.25, 0.3) is 0 Å². The topological polar surface area (TPSA) is 44.3 Å². The maximum absolute atomic E-state index is 8.70. The highest BCUT2D eigenvalue weighted by Gasteiger charge is 2.32. The summed E-state index contributed by atoms with van der Waals surface area (Å²) in [6, 6.07) is 0.470. The molecule has 0 bridgehead atoms. The molecule has 0 saturated heterocycles. The van der Waals surface area contributed by atoms with Crippen LogP contribution in [0.2, 0.25) is 0 Å². The number of rotatable bonds is 3. The van der Waals surface area contributed by atoms with Gasteiger partial charge in [-0.15, -0.1) is 0 Å². The third kappa shape index (κ3) is 4.66. The Morgan fingerprint density at radius 1 is 1.44 bits per heavy atom. The molecule has 1 aliphatic carbocycles. The van der Waals surface area contributed by atoms with Gasteiger partial charge in [0.1, 0.15) is 0 Å². The summed E-state index contributed by atoms with van der Waals surface area (Å²) in [4.78, 5) is 0. The van der Waals surface area contributed by atoms with Crippen LogP contribution in [0.1, 0.15) is 40.0 Å². The summed E-state index contributed by atoms with van der Waals surface area (Å²) < 4.78 is 0. The summed E-state index contributed by atoms with van der Waals surface area (Å²) in [5.41, 5.74) is 0.405. The zero-order chi connectivity index (χ0) is 12.2. The van der Waals surface area contributed by atoms with Gasteiger partial charge in [-0.1, -0.05) is 20.8 Å². The summed E-state index contributed by atoms with van der Waals surface area (Å²) in [6.07, 6.45) is 3.64. The van der Waals surface area contributed by atoms with Crippen molar-refractivity contribution in [2.45, 2.75) is 46.1 Å². The van der Waals surface area contributed by atoms with Crippen LogP contribution in [0.15, 0.2) is 0 Å². The normalized spacial score (nSPS) is 28.5. The lowest BCUT2D eigenvalue weighted by atomic mass is 9.71. The summed E-state index contributed by atoms with van der Waals surface area (Å²) in [5, 5.41) is 15.7. The van der Waals surface area contributed by atoms with E-state index in [2.05, 4.69) is 31.4 Å². The van der Waals surface area contributed by atoms with Gasteiger partial charge in [0.05, 0.1) is 6.61 Å². The molecule has 1 aliphatic rings. The zero-order valence-electron chi connectivity index (χ0n) is 10.5. The molecule has 1 saturated carbocycles. The molecule has 0 aromatic heterocycles. The molecule has 4 heteroatoms. The Morgan fingerprint density at radius 3 is 2.69 bits per heavy atom. The second kappa shape index (κ2) is 5.82. The molecular formula is C12H24N2OS. The Morgan fingerprint density at radius 2 is 2.12 bits per heavy atom. The molecule has 1 rings (SSSR count). The molecule has 0 radical (unpaired) electrons. The van der Waals surface area contributed by atoms with Crippen LogP contribution in [-0.4, -0.2) is 29.4 Å². The predicted molar refractivity (Wildman–Crippen MR) is 71.4 cm³/mol. The molecule has 0 amide bonds. The van der Waals surface area contributed by atoms with Gasteiger partial charge in [-0.25, -0.2) is 0 Å². The van der Waals surface area contributed by atoms with E-state index in [4.69, 9.17) is 17.3 Å². The van der Waals surface area contributed by atoms with Gasteiger partial charge in [-0.05, 0) is 42.8 Å². The average molecular weight is 244 g/mol. The molecular weight excluding hydrogens is 220 g/mol. The Bertz CT molecular complexity index is 243. The summed E-state index contributed by atoms with van der Waals surface area (Å²) >= 11 is 5.18. The Balaban J connectivity index is 2.39. The first-order valence-electron chi connectivity index (χ1n) is 6.08.